The fourth-order valence-electron chi connectivity index (χ4n) is 2.02. The van der Waals surface area contributed by atoms with Gasteiger partial charge < -0.3 is 5.32 Å². The molecule has 0 bridgehead atoms. The summed E-state index contributed by atoms with van der Waals surface area (Å²) >= 11 is 0. The van der Waals surface area contributed by atoms with Crippen molar-refractivity contribution in [2.75, 3.05) is 7.05 Å². The summed E-state index contributed by atoms with van der Waals surface area (Å²) < 4.78 is 1.88. The summed E-state index contributed by atoms with van der Waals surface area (Å²) in [4.78, 5) is 9.04. The quantitative estimate of drug-likeness (QED) is 0.893. The summed E-state index contributed by atoms with van der Waals surface area (Å²) in [6.07, 6.45) is 3.48. The van der Waals surface area contributed by atoms with Gasteiger partial charge in [-0.3, -0.25) is 0 Å². The molecule has 2 heterocycles. The van der Waals surface area contributed by atoms with Crippen molar-refractivity contribution in [3.05, 3.63) is 35.5 Å². The normalized spacial score (nSPS) is 12.6. The average Bonchev–Trinajstić information content (AvgIpc) is 2.89. The molecule has 1 atom stereocenters. The first-order chi connectivity index (χ1) is 9.21. The smallest absolute Gasteiger partial charge is 0.160 e. The number of hydrogen-bond acceptors (Lipinski definition) is 4. The summed E-state index contributed by atoms with van der Waals surface area (Å²) in [5.74, 6) is 2.69. The van der Waals surface area contributed by atoms with Crippen molar-refractivity contribution in [2.45, 2.75) is 39.7 Å². The molecule has 102 valence electrons. The minimum absolute atomic E-state index is 0.225. The zero-order valence-electron chi connectivity index (χ0n) is 12.0. The first-order valence-electron chi connectivity index (χ1n) is 6.78. The van der Waals surface area contributed by atoms with Crippen LogP contribution in [0.15, 0.2) is 18.3 Å². The predicted molar refractivity (Wildman–Crippen MR) is 75.4 cm³/mol. The van der Waals surface area contributed by atoms with Crippen molar-refractivity contribution in [3.8, 4) is 5.82 Å². The van der Waals surface area contributed by atoms with Gasteiger partial charge >= 0.3 is 0 Å². The Labute approximate surface area is 114 Å². The van der Waals surface area contributed by atoms with Gasteiger partial charge in [0.05, 0.1) is 0 Å². The molecular formula is C14H21N5. The summed E-state index contributed by atoms with van der Waals surface area (Å²) in [7, 11) is 1.95. The third kappa shape index (κ3) is 2.66. The van der Waals surface area contributed by atoms with Gasteiger partial charge in [-0.25, -0.2) is 9.97 Å². The Kier molecular flexibility index (Phi) is 4.27. The molecule has 0 spiro atoms. The van der Waals surface area contributed by atoms with Crippen LogP contribution in [-0.2, 0) is 12.8 Å². The lowest BCUT2D eigenvalue weighted by atomic mass is 10.1. The molecule has 2 aromatic rings. The number of nitrogens with one attached hydrogen (secondary N) is 1. The van der Waals surface area contributed by atoms with Crippen molar-refractivity contribution in [1.82, 2.24) is 25.1 Å². The maximum atomic E-state index is 4.56. The first-order valence-corrected chi connectivity index (χ1v) is 6.78. The molecule has 0 aliphatic carbocycles. The number of nitrogens with zero attached hydrogens (tertiary/aromatic N) is 4. The van der Waals surface area contributed by atoms with E-state index in [1.807, 2.05) is 17.8 Å². The third-order valence-corrected chi connectivity index (χ3v) is 3.27. The first kappa shape index (κ1) is 13.7. The Morgan fingerprint density at radius 1 is 1.32 bits per heavy atom. The highest BCUT2D eigenvalue weighted by Crippen LogP contribution is 2.20. The van der Waals surface area contributed by atoms with Crippen LogP contribution in [-0.4, -0.2) is 26.8 Å². The molecule has 2 aromatic heterocycles. The molecule has 0 aliphatic rings. The van der Waals surface area contributed by atoms with Gasteiger partial charge in [0.1, 0.15) is 5.82 Å². The zero-order valence-corrected chi connectivity index (χ0v) is 12.0. The van der Waals surface area contributed by atoms with E-state index in [4.69, 9.17) is 0 Å². The van der Waals surface area contributed by atoms with Crippen molar-refractivity contribution in [1.29, 1.82) is 0 Å². The van der Waals surface area contributed by atoms with Gasteiger partial charge in [0.2, 0.25) is 0 Å². The molecule has 1 N–H and O–H groups in total. The Morgan fingerprint density at radius 3 is 2.74 bits per heavy atom. The van der Waals surface area contributed by atoms with Gasteiger partial charge in [-0.05, 0) is 20.0 Å². The van der Waals surface area contributed by atoms with E-state index in [1.54, 1.807) is 6.20 Å². The van der Waals surface area contributed by atoms with Crippen LogP contribution in [0.25, 0.3) is 5.82 Å². The molecule has 0 amide bonds. The average molecular weight is 259 g/mol. The molecule has 0 saturated carbocycles. The topological polar surface area (TPSA) is 55.6 Å². The van der Waals surface area contributed by atoms with Crippen LogP contribution in [0, 0.1) is 0 Å². The van der Waals surface area contributed by atoms with Crippen LogP contribution in [0.3, 0.4) is 0 Å². The van der Waals surface area contributed by atoms with Crippen LogP contribution in [0.5, 0.6) is 0 Å². The second kappa shape index (κ2) is 5.93. The van der Waals surface area contributed by atoms with E-state index >= 15 is 0 Å². The SMILES string of the molecule is CCc1nc(CC)n(-c2ncccc2C(C)NC)n1. The molecule has 19 heavy (non-hydrogen) atoms. The lowest BCUT2D eigenvalue weighted by Crippen LogP contribution is -2.17. The number of aryl methyl sites for hydroxylation is 2. The van der Waals surface area contributed by atoms with Gasteiger partial charge in [0, 0.05) is 30.6 Å². The van der Waals surface area contributed by atoms with Crippen LogP contribution >= 0.6 is 0 Å². The van der Waals surface area contributed by atoms with E-state index in [9.17, 15) is 0 Å². The van der Waals surface area contributed by atoms with Gasteiger partial charge in [-0.15, -0.1) is 5.10 Å². The number of aromatic nitrogens is 4. The maximum Gasteiger partial charge on any atom is 0.160 e. The van der Waals surface area contributed by atoms with Gasteiger partial charge in [-0.1, -0.05) is 19.9 Å². The van der Waals surface area contributed by atoms with Crippen molar-refractivity contribution in [3.63, 3.8) is 0 Å². The van der Waals surface area contributed by atoms with Crippen molar-refractivity contribution < 1.29 is 0 Å². The minimum Gasteiger partial charge on any atom is -0.313 e. The fourth-order valence-corrected chi connectivity index (χ4v) is 2.02. The molecule has 0 aliphatic heterocycles. The standard InChI is InChI=1S/C14H21N5/c1-5-12-17-13(6-2)19(18-12)14-11(10(3)15-4)8-7-9-16-14/h7-10,15H,5-6H2,1-4H3. The second-order valence-electron chi connectivity index (χ2n) is 4.49. The third-order valence-electron chi connectivity index (χ3n) is 3.27. The minimum atomic E-state index is 0.225. The molecule has 1 unspecified atom stereocenters. The Hall–Kier alpha value is -1.75. The lowest BCUT2D eigenvalue weighted by Gasteiger charge is -2.15. The van der Waals surface area contributed by atoms with E-state index in [2.05, 4.69) is 47.2 Å². The molecule has 0 aromatic carbocycles. The largest absolute Gasteiger partial charge is 0.313 e. The summed E-state index contributed by atoms with van der Waals surface area (Å²) in [6, 6.07) is 4.26. The van der Waals surface area contributed by atoms with Crippen molar-refractivity contribution in [2.24, 2.45) is 0 Å². The van der Waals surface area contributed by atoms with Crippen LogP contribution < -0.4 is 5.32 Å². The molecule has 5 heteroatoms. The van der Waals surface area contributed by atoms with E-state index in [1.165, 1.54) is 0 Å². The van der Waals surface area contributed by atoms with E-state index in [0.29, 0.717) is 0 Å². The Morgan fingerprint density at radius 2 is 2.11 bits per heavy atom. The number of hydrogen-bond donors (Lipinski definition) is 1. The predicted octanol–water partition coefficient (Wildman–Crippen LogP) is 2.07. The fraction of sp³-hybridized carbons (Fsp3) is 0.500. The zero-order chi connectivity index (χ0) is 13.8. The van der Waals surface area contributed by atoms with Gasteiger partial charge in [0.15, 0.2) is 11.6 Å². The monoisotopic (exact) mass is 259 g/mol. The summed E-state index contributed by atoms with van der Waals surface area (Å²) in [6.45, 7) is 6.27. The van der Waals surface area contributed by atoms with Gasteiger partial charge in [0.25, 0.3) is 0 Å². The molecule has 0 radical (unpaired) electrons. The maximum absolute atomic E-state index is 4.56. The lowest BCUT2D eigenvalue weighted by molar-refractivity contribution is 0.634. The van der Waals surface area contributed by atoms with E-state index < -0.39 is 0 Å². The van der Waals surface area contributed by atoms with Crippen molar-refractivity contribution >= 4 is 0 Å². The molecular weight excluding hydrogens is 238 g/mol. The Balaban J connectivity index is 2.55. The number of pyridine rings is 1. The Bertz CT molecular complexity index is 547. The second-order valence-corrected chi connectivity index (χ2v) is 4.49. The van der Waals surface area contributed by atoms with Crippen LogP contribution in [0.1, 0.15) is 44.0 Å². The van der Waals surface area contributed by atoms with Crippen LogP contribution in [0.4, 0.5) is 0 Å². The van der Waals surface area contributed by atoms with Gasteiger partial charge in [-0.2, -0.15) is 4.68 Å². The highest BCUT2D eigenvalue weighted by Gasteiger charge is 2.16. The highest BCUT2D eigenvalue weighted by atomic mass is 15.4. The molecule has 0 saturated heterocycles. The van der Waals surface area contributed by atoms with Crippen LogP contribution in [0.2, 0.25) is 0 Å². The molecule has 0 fully saturated rings. The number of rotatable bonds is 5. The highest BCUT2D eigenvalue weighted by molar-refractivity contribution is 5.36. The molecule has 2 rings (SSSR count). The van der Waals surface area contributed by atoms with E-state index in [0.717, 1.165) is 35.9 Å². The van der Waals surface area contributed by atoms with E-state index in [-0.39, 0.29) is 6.04 Å². The summed E-state index contributed by atoms with van der Waals surface area (Å²) in [5.41, 5.74) is 1.13. The summed E-state index contributed by atoms with van der Waals surface area (Å²) in [5, 5.41) is 7.81. The molecule has 5 nitrogen and oxygen atoms in total.